The van der Waals surface area contributed by atoms with Crippen LogP contribution in [0.4, 0.5) is 0 Å². The van der Waals surface area contributed by atoms with Gasteiger partial charge in [0.05, 0.1) is 27.2 Å². The highest BCUT2D eigenvalue weighted by molar-refractivity contribution is 5.70. The van der Waals surface area contributed by atoms with Crippen LogP contribution < -0.4 is 0 Å². The molecular formula is C8H16NO2+. The zero-order valence-corrected chi connectivity index (χ0v) is 7.46. The predicted molar refractivity (Wildman–Crippen MR) is 42.0 cm³/mol. The minimum atomic E-state index is -0.109. The number of likely N-dealkylation sites (N-methyl/N-ethyl adjacent to an activating group) is 1. The highest BCUT2D eigenvalue weighted by atomic mass is 16.5. The summed E-state index contributed by atoms with van der Waals surface area (Å²) >= 11 is 0. The molecule has 0 heterocycles. The zero-order chi connectivity index (χ0) is 8.48. The van der Waals surface area contributed by atoms with Crippen LogP contribution in [0.3, 0.4) is 0 Å². The van der Waals surface area contributed by atoms with Crippen molar-refractivity contribution in [2.75, 3.05) is 27.7 Å². The number of carbonyl (C=O) groups is 1. The third-order valence-corrected chi connectivity index (χ3v) is 2.30. The number of carbonyl (C=O) groups excluding carboxylic acids is 1. The third-order valence-electron chi connectivity index (χ3n) is 2.30. The van der Waals surface area contributed by atoms with Gasteiger partial charge in [-0.25, -0.2) is 4.79 Å². The van der Waals surface area contributed by atoms with E-state index in [0.717, 1.165) is 4.48 Å². The van der Waals surface area contributed by atoms with E-state index < -0.39 is 0 Å². The Hall–Kier alpha value is -0.570. The Morgan fingerprint density at radius 1 is 1.55 bits per heavy atom. The Morgan fingerprint density at radius 2 is 2.09 bits per heavy atom. The molecule has 1 saturated carbocycles. The van der Waals surface area contributed by atoms with E-state index in [1.165, 1.54) is 20.0 Å². The number of hydrogen-bond donors (Lipinski definition) is 0. The number of nitrogens with zero attached hydrogens (tertiary/aromatic N) is 1. The lowest BCUT2D eigenvalue weighted by Gasteiger charge is -2.28. The van der Waals surface area contributed by atoms with Gasteiger partial charge in [-0.3, -0.25) is 0 Å². The lowest BCUT2D eigenvalue weighted by Crippen LogP contribution is -2.46. The highest BCUT2D eigenvalue weighted by Crippen LogP contribution is 2.30. The van der Waals surface area contributed by atoms with Gasteiger partial charge in [0.15, 0.2) is 6.54 Å². The van der Waals surface area contributed by atoms with Crippen LogP contribution in [0.2, 0.25) is 0 Å². The molecule has 0 spiro atoms. The maximum atomic E-state index is 10.9. The van der Waals surface area contributed by atoms with Crippen molar-refractivity contribution in [3.8, 4) is 0 Å². The molecule has 1 fully saturated rings. The zero-order valence-electron chi connectivity index (χ0n) is 7.46. The molecule has 0 atom stereocenters. The van der Waals surface area contributed by atoms with Gasteiger partial charge in [-0.05, 0) is 0 Å². The summed E-state index contributed by atoms with van der Waals surface area (Å²) < 4.78 is 5.39. The van der Waals surface area contributed by atoms with E-state index in [0.29, 0.717) is 12.6 Å². The monoisotopic (exact) mass is 158 g/mol. The molecule has 64 valence electrons. The minimum absolute atomic E-state index is 0.109. The summed E-state index contributed by atoms with van der Waals surface area (Å²) in [7, 11) is 5.60. The first-order chi connectivity index (χ1) is 5.06. The Morgan fingerprint density at radius 3 is 2.45 bits per heavy atom. The van der Waals surface area contributed by atoms with Gasteiger partial charge in [-0.1, -0.05) is 0 Å². The standard InChI is InChI=1S/C8H16NO2/c1-9(2,7-4-5-7)6-8(10)11-3/h7H,4-6H2,1-3H3/q+1. The van der Waals surface area contributed by atoms with Gasteiger partial charge in [0.25, 0.3) is 0 Å². The van der Waals surface area contributed by atoms with E-state index in [-0.39, 0.29) is 5.97 Å². The smallest absolute Gasteiger partial charge is 0.361 e. The molecule has 11 heavy (non-hydrogen) atoms. The van der Waals surface area contributed by atoms with Crippen molar-refractivity contribution in [1.29, 1.82) is 0 Å². The first-order valence-electron chi connectivity index (χ1n) is 3.96. The van der Waals surface area contributed by atoms with Gasteiger partial charge in [0, 0.05) is 12.8 Å². The Bertz CT molecular complexity index is 161. The fourth-order valence-electron chi connectivity index (χ4n) is 1.30. The SMILES string of the molecule is COC(=O)C[N+](C)(C)C1CC1. The second-order valence-corrected chi connectivity index (χ2v) is 3.74. The van der Waals surface area contributed by atoms with Crippen LogP contribution in [0.1, 0.15) is 12.8 Å². The fraction of sp³-hybridized carbons (Fsp3) is 0.875. The van der Waals surface area contributed by atoms with Crippen LogP contribution in [-0.4, -0.2) is 44.2 Å². The molecule has 0 saturated heterocycles. The Kier molecular flexibility index (Phi) is 2.18. The van der Waals surface area contributed by atoms with Crippen molar-refractivity contribution < 1.29 is 14.0 Å². The molecule has 0 N–H and O–H groups in total. The van der Waals surface area contributed by atoms with Crippen LogP contribution in [-0.2, 0) is 9.53 Å². The van der Waals surface area contributed by atoms with Crippen molar-refractivity contribution in [3.05, 3.63) is 0 Å². The normalized spacial score (nSPS) is 18.1. The third kappa shape index (κ3) is 2.19. The van der Waals surface area contributed by atoms with Gasteiger partial charge >= 0.3 is 5.97 Å². The van der Waals surface area contributed by atoms with E-state index in [1.807, 2.05) is 0 Å². The molecule has 0 aromatic rings. The van der Waals surface area contributed by atoms with Gasteiger partial charge in [-0.15, -0.1) is 0 Å². The first-order valence-corrected chi connectivity index (χ1v) is 3.96. The summed E-state index contributed by atoms with van der Waals surface area (Å²) in [6.45, 7) is 0.501. The van der Waals surface area contributed by atoms with Crippen LogP contribution in [0, 0.1) is 0 Å². The highest BCUT2D eigenvalue weighted by Gasteiger charge is 2.39. The second kappa shape index (κ2) is 2.81. The molecule has 0 bridgehead atoms. The topological polar surface area (TPSA) is 26.3 Å². The molecule has 3 nitrogen and oxygen atoms in total. The summed E-state index contributed by atoms with van der Waals surface area (Å²) in [5.74, 6) is -0.109. The molecule has 0 amide bonds. The van der Waals surface area contributed by atoms with Gasteiger partial charge in [-0.2, -0.15) is 0 Å². The number of rotatable bonds is 3. The Labute approximate surface area is 67.5 Å². The van der Waals surface area contributed by atoms with Crippen LogP contribution in [0.25, 0.3) is 0 Å². The second-order valence-electron chi connectivity index (χ2n) is 3.74. The molecule has 0 aromatic heterocycles. The van der Waals surface area contributed by atoms with E-state index in [2.05, 4.69) is 18.8 Å². The average molecular weight is 158 g/mol. The van der Waals surface area contributed by atoms with E-state index in [9.17, 15) is 4.79 Å². The number of hydrogen-bond acceptors (Lipinski definition) is 2. The summed E-state index contributed by atoms with van der Waals surface area (Å²) in [6.07, 6.45) is 2.51. The number of ether oxygens (including phenoxy) is 1. The van der Waals surface area contributed by atoms with Crippen LogP contribution in [0.15, 0.2) is 0 Å². The fourth-order valence-corrected chi connectivity index (χ4v) is 1.30. The van der Waals surface area contributed by atoms with Crippen molar-refractivity contribution in [1.82, 2.24) is 0 Å². The molecular weight excluding hydrogens is 142 g/mol. The molecule has 3 heteroatoms. The molecule has 0 aromatic carbocycles. The molecule has 0 radical (unpaired) electrons. The van der Waals surface area contributed by atoms with Crippen LogP contribution in [0.5, 0.6) is 0 Å². The van der Waals surface area contributed by atoms with Crippen molar-refractivity contribution in [2.45, 2.75) is 18.9 Å². The summed E-state index contributed by atoms with van der Waals surface area (Å²) in [4.78, 5) is 10.9. The van der Waals surface area contributed by atoms with E-state index >= 15 is 0 Å². The number of esters is 1. The molecule has 1 aliphatic carbocycles. The van der Waals surface area contributed by atoms with E-state index in [4.69, 9.17) is 0 Å². The Balaban J connectivity index is 2.38. The van der Waals surface area contributed by atoms with Crippen molar-refractivity contribution >= 4 is 5.97 Å². The molecule has 0 aliphatic heterocycles. The van der Waals surface area contributed by atoms with Crippen molar-refractivity contribution in [3.63, 3.8) is 0 Å². The number of methoxy groups -OCH3 is 1. The summed E-state index contributed by atoms with van der Waals surface area (Å²) in [6, 6.07) is 0.689. The quantitative estimate of drug-likeness (QED) is 0.439. The van der Waals surface area contributed by atoms with Crippen molar-refractivity contribution in [2.24, 2.45) is 0 Å². The molecule has 0 unspecified atom stereocenters. The van der Waals surface area contributed by atoms with Crippen LogP contribution >= 0.6 is 0 Å². The predicted octanol–water partition coefficient (Wildman–Crippen LogP) is 0.398. The molecule has 1 aliphatic rings. The van der Waals surface area contributed by atoms with Gasteiger partial charge in [0.1, 0.15) is 0 Å². The van der Waals surface area contributed by atoms with Gasteiger partial charge in [0.2, 0.25) is 0 Å². The van der Waals surface area contributed by atoms with Gasteiger partial charge < -0.3 is 9.22 Å². The lowest BCUT2D eigenvalue weighted by atomic mass is 10.4. The molecule has 1 rings (SSSR count). The lowest BCUT2D eigenvalue weighted by molar-refractivity contribution is -0.894. The van der Waals surface area contributed by atoms with E-state index in [1.54, 1.807) is 0 Å². The maximum Gasteiger partial charge on any atom is 0.361 e. The number of quaternary nitrogens is 1. The maximum absolute atomic E-state index is 10.9. The first kappa shape index (κ1) is 8.53. The average Bonchev–Trinajstić information content (AvgIpc) is 2.66. The minimum Gasteiger partial charge on any atom is -0.465 e. The largest absolute Gasteiger partial charge is 0.465 e. The summed E-state index contributed by atoms with van der Waals surface area (Å²) in [5, 5.41) is 0. The summed E-state index contributed by atoms with van der Waals surface area (Å²) in [5.41, 5.74) is 0.